The van der Waals surface area contributed by atoms with Gasteiger partial charge in [0.15, 0.2) is 0 Å². The lowest BCUT2D eigenvalue weighted by atomic mass is 9.73. The van der Waals surface area contributed by atoms with Crippen LogP contribution in [0.15, 0.2) is 0 Å². The third-order valence-electron chi connectivity index (χ3n) is 5.19. The molecule has 2 aliphatic carbocycles. The quantitative estimate of drug-likeness (QED) is 0.849. The van der Waals surface area contributed by atoms with E-state index < -0.39 is 0 Å². The predicted molar refractivity (Wildman–Crippen MR) is 78.3 cm³/mol. The van der Waals surface area contributed by atoms with Crippen LogP contribution in [0.2, 0.25) is 0 Å². The normalized spacial score (nSPS) is 39.5. The Morgan fingerprint density at radius 1 is 1.11 bits per heavy atom. The highest BCUT2D eigenvalue weighted by atomic mass is 32.2. The molecule has 3 rings (SSSR count). The SMILES string of the molecule is CSC1CCCC(NC2CCOC3(CCC3)C2)C1. The summed E-state index contributed by atoms with van der Waals surface area (Å²) in [6, 6.07) is 1.50. The summed E-state index contributed by atoms with van der Waals surface area (Å²) in [5.41, 5.74) is 0.295. The summed E-state index contributed by atoms with van der Waals surface area (Å²) >= 11 is 2.06. The van der Waals surface area contributed by atoms with Crippen molar-refractivity contribution in [2.45, 2.75) is 80.7 Å². The van der Waals surface area contributed by atoms with Crippen LogP contribution in [0.1, 0.15) is 57.8 Å². The second-order valence-corrected chi connectivity index (χ2v) is 7.60. The van der Waals surface area contributed by atoms with Gasteiger partial charge in [0, 0.05) is 23.9 Å². The molecule has 3 fully saturated rings. The van der Waals surface area contributed by atoms with Crippen molar-refractivity contribution >= 4 is 11.8 Å². The Morgan fingerprint density at radius 3 is 2.72 bits per heavy atom. The van der Waals surface area contributed by atoms with Crippen LogP contribution in [0.4, 0.5) is 0 Å². The molecule has 1 heterocycles. The molecule has 1 spiro atoms. The Hall–Kier alpha value is 0.270. The van der Waals surface area contributed by atoms with Crippen LogP contribution in [-0.4, -0.2) is 35.8 Å². The minimum Gasteiger partial charge on any atom is -0.375 e. The fourth-order valence-electron chi connectivity index (χ4n) is 3.93. The fraction of sp³-hybridized carbons (Fsp3) is 1.00. The van der Waals surface area contributed by atoms with E-state index >= 15 is 0 Å². The maximum atomic E-state index is 6.02. The van der Waals surface area contributed by atoms with Crippen LogP contribution < -0.4 is 5.32 Å². The third-order valence-corrected chi connectivity index (χ3v) is 6.28. The van der Waals surface area contributed by atoms with Gasteiger partial charge in [-0.25, -0.2) is 0 Å². The smallest absolute Gasteiger partial charge is 0.0697 e. The molecule has 1 aliphatic heterocycles. The highest BCUT2D eigenvalue weighted by molar-refractivity contribution is 7.99. The van der Waals surface area contributed by atoms with Gasteiger partial charge in [-0.05, 0) is 57.6 Å². The second-order valence-electron chi connectivity index (χ2n) is 6.46. The van der Waals surface area contributed by atoms with Gasteiger partial charge in [-0.15, -0.1) is 0 Å². The van der Waals surface area contributed by atoms with E-state index in [1.165, 1.54) is 57.8 Å². The highest BCUT2D eigenvalue weighted by Gasteiger charge is 2.42. The van der Waals surface area contributed by atoms with E-state index in [0.717, 1.165) is 23.9 Å². The number of nitrogens with one attached hydrogen (secondary N) is 1. The maximum Gasteiger partial charge on any atom is 0.0697 e. The molecule has 3 aliphatic rings. The molecule has 0 aromatic heterocycles. The molecule has 104 valence electrons. The summed E-state index contributed by atoms with van der Waals surface area (Å²) in [6.45, 7) is 0.982. The van der Waals surface area contributed by atoms with Crippen LogP contribution in [0.25, 0.3) is 0 Å². The van der Waals surface area contributed by atoms with Crippen LogP contribution in [0.3, 0.4) is 0 Å². The zero-order chi connectivity index (χ0) is 12.4. The standard InChI is InChI=1S/C15H27NOS/c1-18-14-5-2-4-12(10-14)16-13-6-9-17-15(11-13)7-3-8-15/h12-14,16H,2-11H2,1H3. The number of rotatable bonds is 3. The van der Waals surface area contributed by atoms with Gasteiger partial charge < -0.3 is 10.1 Å². The molecule has 0 radical (unpaired) electrons. The molecule has 2 saturated carbocycles. The maximum absolute atomic E-state index is 6.02. The van der Waals surface area contributed by atoms with Crippen molar-refractivity contribution in [3.8, 4) is 0 Å². The van der Waals surface area contributed by atoms with Crippen molar-refractivity contribution in [3.05, 3.63) is 0 Å². The lowest BCUT2D eigenvalue weighted by molar-refractivity contribution is -0.136. The van der Waals surface area contributed by atoms with E-state index in [-0.39, 0.29) is 0 Å². The first-order chi connectivity index (χ1) is 8.80. The highest BCUT2D eigenvalue weighted by Crippen LogP contribution is 2.42. The topological polar surface area (TPSA) is 21.3 Å². The van der Waals surface area contributed by atoms with E-state index in [2.05, 4.69) is 23.3 Å². The Morgan fingerprint density at radius 2 is 2.00 bits per heavy atom. The molecule has 3 heteroatoms. The molecule has 0 amide bonds. The second kappa shape index (κ2) is 5.72. The molecule has 0 aromatic rings. The largest absolute Gasteiger partial charge is 0.375 e. The van der Waals surface area contributed by atoms with E-state index in [1.807, 2.05) is 0 Å². The zero-order valence-corrected chi connectivity index (χ0v) is 12.4. The van der Waals surface area contributed by atoms with Crippen LogP contribution >= 0.6 is 11.8 Å². The van der Waals surface area contributed by atoms with Crippen molar-refractivity contribution < 1.29 is 4.74 Å². The average molecular weight is 269 g/mol. The number of ether oxygens (including phenoxy) is 1. The Balaban J connectivity index is 1.49. The third kappa shape index (κ3) is 2.88. The fourth-order valence-corrected chi connectivity index (χ4v) is 4.76. The van der Waals surface area contributed by atoms with Crippen molar-refractivity contribution in [2.24, 2.45) is 0 Å². The van der Waals surface area contributed by atoms with Crippen molar-refractivity contribution in [3.63, 3.8) is 0 Å². The molecular formula is C15H27NOS. The predicted octanol–water partition coefficient (Wildman–Crippen LogP) is 3.35. The lowest BCUT2D eigenvalue weighted by Crippen LogP contribution is -2.53. The Bertz CT molecular complexity index is 280. The molecule has 2 nitrogen and oxygen atoms in total. The minimum atomic E-state index is 0.295. The summed E-state index contributed by atoms with van der Waals surface area (Å²) in [7, 11) is 0. The average Bonchev–Trinajstić information content (AvgIpc) is 2.37. The van der Waals surface area contributed by atoms with E-state index in [9.17, 15) is 0 Å². The van der Waals surface area contributed by atoms with Gasteiger partial charge in [0.1, 0.15) is 0 Å². The molecule has 0 bridgehead atoms. The van der Waals surface area contributed by atoms with Gasteiger partial charge in [-0.2, -0.15) is 11.8 Å². The molecule has 3 unspecified atom stereocenters. The number of hydrogen-bond donors (Lipinski definition) is 1. The Labute approximate surface area is 116 Å². The summed E-state index contributed by atoms with van der Waals surface area (Å²) in [4.78, 5) is 0. The minimum absolute atomic E-state index is 0.295. The van der Waals surface area contributed by atoms with Gasteiger partial charge in [0.2, 0.25) is 0 Å². The van der Waals surface area contributed by atoms with Gasteiger partial charge in [-0.1, -0.05) is 6.42 Å². The summed E-state index contributed by atoms with van der Waals surface area (Å²) in [6.07, 6.45) is 14.4. The summed E-state index contributed by atoms with van der Waals surface area (Å²) in [5.74, 6) is 0. The van der Waals surface area contributed by atoms with E-state index in [1.54, 1.807) is 0 Å². The van der Waals surface area contributed by atoms with Gasteiger partial charge in [0.05, 0.1) is 5.60 Å². The molecule has 1 N–H and O–H groups in total. The summed E-state index contributed by atoms with van der Waals surface area (Å²) in [5, 5.41) is 4.85. The molecule has 18 heavy (non-hydrogen) atoms. The molecular weight excluding hydrogens is 242 g/mol. The first kappa shape index (κ1) is 13.3. The first-order valence-electron chi connectivity index (χ1n) is 7.72. The zero-order valence-electron chi connectivity index (χ0n) is 11.6. The summed E-state index contributed by atoms with van der Waals surface area (Å²) < 4.78 is 6.02. The Kier molecular flexibility index (Phi) is 4.21. The van der Waals surface area contributed by atoms with E-state index in [4.69, 9.17) is 4.74 Å². The van der Waals surface area contributed by atoms with Crippen LogP contribution in [0, 0.1) is 0 Å². The first-order valence-corrected chi connectivity index (χ1v) is 9.01. The van der Waals surface area contributed by atoms with Crippen molar-refractivity contribution in [1.82, 2.24) is 5.32 Å². The molecule has 3 atom stereocenters. The number of hydrogen-bond acceptors (Lipinski definition) is 3. The lowest BCUT2D eigenvalue weighted by Gasteiger charge is -2.48. The van der Waals surface area contributed by atoms with Gasteiger partial charge in [0.25, 0.3) is 0 Å². The monoisotopic (exact) mass is 269 g/mol. The van der Waals surface area contributed by atoms with Crippen LogP contribution in [-0.2, 0) is 4.74 Å². The van der Waals surface area contributed by atoms with Crippen molar-refractivity contribution in [1.29, 1.82) is 0 Å². The van der Waals surface area contributed by atoms with Gasteiger partial charge in [-0.3, -0.25) is 0 Å². The van der Waals surface area contributed by atoms with Gasteiger partial charge >= 0.3 is 0 Å². The number of thioether (sulfide) groups is 1. The van der Waals surface area contributed by atoms with Crippen molar-refractivity contribution in [2.75, 3.05) is 12.9 Å². The molecule has 0 aromatic carbocycles. The molecule has 1 saturated heterocycles. The van der Waals surface area contributed by atoms with Crippen LogP contribution in [0.5, 0.6) is 0 Å². The van der Waals surface area contributed by atoms with E-state index in [0.29, 0.717) is 5.60 Å².